The molecule has 0 amide bonds. The Kier molecular flexibility index (Phi) is 4.57. The van der Waals surface area contributed by atoms with Gasteiger partial charge in [0.15, 0.2) is 0 Å². The van der Waals surface area contributed by atoms with Gasteiger partial charge in [0.1, 0.15) is 18.2 Å². The van der Waals surface area contributed by atoms with Crippen molar-refractivity contribution in [1.82, 2.24) is 14.8 Å². The maximum absolute atomic E-state index is 10.4. The number of aryl methyl sites for hydroxylation is 1. The molecule has 1 aromatic heterocycles. The molecular formula is C8H14N4O2S. The maximum atomic E-state index is 10.4. The summed E-state index contributed by atoms with van der Waals surface area (Å²) >= 11 is 1.45. The van der Waals surface area contributed by atoms with E-state index in [4.69, 9.17) is 10.8 Å². The second-order valence-corrected chi connectivity index (χ2v) is 3.98. The third-order valence-corrected chi connectivity index (χ3v) is 2.90. The van der Waals surface area contributed by atoms with Crippen LogP contribution in [0.25, 0.3) is 0 Å². The molecule has 1 aromatic rings. The second kappa shape index (κ2) is 5.72. The standard InChI is InChI=1S/C8H14N4O2S/c1-2-12-7(10-5-11-12)4-15-3-6(9)8(13)14/h5-6H,2-4,9H2,1H3,(H,13,14). The third kappa shape index (κ3) is 3.52. The molecule has 7 heteroatoms. The summed E-state index contributed by atoms with van der Waals surface area (Å²) in [5.74, 6) is 0.889. The fourth-order valence-electron chi connectivity index (χ4n) is 1.01. The summed E-state index contributed by atoms with van der Waals surface area (Å²) in [4.78, 5) is 14.5. The summed E-state index contributed by atoms with van der Waals surface area (Å²) < 4.78 is 1.78. The zero-order valence-electron chi connectivity index (χ0n) is 8.46. The molecular weight excluding hydrogens is 216 g/mol. The number of hydrogen-bond acceptors (Lipinski definition) is 5. The normalized spacial score (nSPS) is 12.7. The van der Waals surface area contributed by atoms with Crippen molar-refractivity contribution in [2.45, 2.75) is 25.3 Å². The second-order valence-electron chi connectivity index (χ2n) is 2.95. The van der Waals surface area contributed by atoms with Gasteiger partial charge in [-0.25, -0.2) is 9.67 Å². The van der Waals surface area contributed by atoms with Crippen molar-refractivity contribution in [3.8, 4) is 0 Å². The van der Waals surface area contributed by atoms with E-state index in [1.807, 2.05) is 6.92 Å². The minimum Gasteiger partial charge on any atom is -0.480 e. The average molecular weight is 230 g/mol. The highest BCUT2D eigenvalue weighted by Crippen LogP contribution is 2.10. The summed E-state index contributed by atoms with van der Waals surface area (Å²) in [5.41, 5.74) is 5.36. The lowest BCUT2D eigenvalue weighted by atomic mass is 10.4. The van der Waals surface area contributed by atoms with Gasteiger partial charge in [0.2, 0.25) is 0 Å². The molecule has 6 nitrogen and oxygen atoms in total. The van der Waals surface area contributed by atoms with Crippen LogP contribution in [0, 0.1) is 0 Å². The summed E-state index contributed by atoms with van der Waals surface area (Å²) in [5, 5.41) is 12.6. The van der Waals surface area contributed by atoms with Gasteiger partial charge in [-0.15, -0.1) is 0 Å². The lowest BCUT2D eigenvalue weighted by Crippen LogP contribution is -2.32. The molecule has 15 heavy (non-hydrogen) atoms. The van der Waals surface area contributed by atoms with Gasteiger partial charge in [0.05, 0.1) is 5.75 Å². The average Bonchev–Trinajstić information content (AvgIpc) is 2.65. The Labute approximate surface area is 91.9 Å². The molecule has 84 valence electrons. The van der Waals surface area contributed by atoms with E-state index in [1.165, 1.54) is 18.1 Å². The van der Waals surface area contributed by atoms with E-state index >= 15 is 0 Å². The van der Waals surface area contributed by atoms with Gasteiger partial charge in [0.25, 0.3) is 0 Å². The van der Waals surface area contributed by atoms with Crippen LogP contribution in [0.3, 0.4) is 0 Å². The Bertz CT molecular complexity index is 328. The highest BCUT2D eigenvalue weighted by atomic mass is 32.2. The molecule has 0 aromatic carbocycles. The van der Waals surface area contributed by atoms with Crippen LogP contribution < -0.4 is 5.73 Å². The van der Waals surface area contributed by atoms with E-state index in [2.05, 4.69) is 10.1 Å². The number of aliphatic carboxylic acids is 1. The van der Waals surface area contributed by atoms with Crippen molar-refractivity contribution in [2.24, 2.45) is 5.73 Å². The topological polar surface area (TPSA) is 94.0 Å². The third-order valence-electron chi connectivity index (χ3n) is 1.84. The van der Waals surface area contributed by atoms with Gasteiger partial charge in [-0.1, -0.05) is 0 Å². The first-order valence-corrected chi connectivity index (χ1v) is 5.73. The number of carbonyl (C=O) groups is 1. The van der Waals surface area contributed by atoms with Crippen molar-refractivity contribution in [3.05, 3.63) is 12.2 Å². The van der Waals surface area contributed by atoms with Crippen LogP contribution >= 0.6 is 11.8 Å². The largest absolute Gasteiger partial charge is 0.480 e. The Morgan fingerprint density at radius 3 is 3.13 bits per heavy atom. The summed E-state index contributed by atoms with van der Waals surface area (Å²) in [6.45, 7) is 2.74. The summed E-state index contributed by atoms with van der Waals surface area (Å²) in [6, 6.07) is -0.812. The van der Waals surface area contributed by atoms with Crippen molar-refractivity contribution >= 4 is 17.7 Å². The van der Waals surface area contributed by atoms with Crippen molar-refractivity contribution in [2.75, 3.05) is 5.75 Å². The molecule has 0 aliphatic heterocycles. The van der Waals surface area contributed by atoms with Gasteiger partial charge in [-0.2, -0.15) is 16.9 Å². The zero-order valence-corrected chi connectivity index (χ0v) is 9.28. The first kappa shape index (κ1) is 12.0. The molecule has 0 radical (unpaired) electrons. The molecule has 0 aliphatic carbocycles. The predicted octanol–water partition coefficient (Wildman–Crippen LogP) is -0.0569. The number of carboxylic acids is 1. The first-order valence-electron chi connectivity index (χ1n) is 4.58. The van der Waals surface area contributed by atoms with E-state index in [1.54, 1.807) is 4.68 Å². The monoisotopic (exact) mass is 230 g/mol. The van der Waals surface area contributed by atoms with Gasteiger partial charge in [-0.05, 0) is 6.92 Å². The highest BCUT2D eigenvalue weighted by molar-refractivity contribution is 7.98. The van der Waals surface area contributed by atoms with Crippen molar-refractivity contribution in [3.63, 3.8) is 0 Å². The van der Waals surface area contributed by atoms with E-state index in [0.29, 0.717) is 11.5 Å². The quantitative estimate of drug-likeness (QED) is 0.711. The fourth-order valence-corrected chi connectivity index (χ4v) is 1.93. The molecule has 1 heterocycles. The van der Waals surface area contributed by atoms with Crippen molar-refractivity contribution < 1.29 is 9.90 Å². The van der Waals surface area contributed by atoms with Crippen LogP contribution in [0.5, 0.6) is 0 Å². The minimum absolute atomic E-state index is 0.381. The number of rotatable bonds is 6. The Morgan fingerprint density at radius 1 is 1.80 bits per heavy atom. The number of aromatic nitrogens is 3. The zero-order chi connectivity index (χ0) is 11.3. The Hall–Kier alpha value is -1.08. The van der Waals surface area contributed by atoms with Gasteiger partial charge < -0.3 is 10.8 Å². The van der Waals surface area contributed by atoms with E-state index in [9.17, 15) is 4.79 Å². The Balaban J connectivity index is 2.34. The van der Waals surface area contributed by atoms with Crippen LogP contribution in [-0.4, -0.2) is 37.6 Å². The van der Waals surface area contributed by atoms with Crippen LogP contribution in [0.2, 0.25) is 0 Å². The van der Waals surface area contributed by atoms with Crippen LogP contribution in [0.15, 0.2) is 6.33 Å². The first-order chi connectivity index (χ1) is 7.15. The minimum atomic E-state index is -0.973. The molecule has 0 bridgehead atoms. The lowest BCUT2D eigenvalue weighted by molar-refractivity contribution is -0.137. The molecule has 0 spiro atoms. The van der Waals surface area contributed by atoms with Crippen LogP contribution in [0.4, 0.5) is 0 Å². The Morgan fingerprint density at radius 2 is 2.53 bits per heavy atom. The van der Waals surface area contributed by atoms with E-state index in [0.717, 1.165) is 12.4 Å². The number of nitrogens with two attached hydrogens (primary N) is 1. The van der Waals surface area contributed by atoms with Gasteiger partial charge in [-0.3, -0.25) is 4.79 Å². The molecule has 0 saturated carbocycles. The maximum Gasteiger partial charge on any atom is 0.321 e. The molecule has 0 aliphatic rings. The highest BCUT2D eigenvalue weighted by Gasteiger charge is 2.11. The SMILES string of the molecule is CCn1ncnc1CSCC(N)C(=O)O. The fraction of sp³-hybridized carbons (Fsp3) is 0.625. The number of carboxylic acid groups (broad SMARTS) is 1. The number of nitrogens with zero attached hydrogens (tertiary/aromatic N) is 3. The van der Waals surface area contributed by atoms with Gasteiger partial charge >= 0.3 is 5.97 Å². The molecule has 1 unspecified atom stereocenters. The smallest absolute Gasteiger partial charge is 0.321 e. The van der Waals surface area contributed by atoms with Crippen molar-refractivity contribution in [1.29, 1.82) is 0 Å². The molecule has 3 N–H and O–H groups in total. The van der Waals surface area contributed by atoms with E-state index < -0.39 is 12.0 Å². The molecule has 0 fully saturated rings. The molecule has 1 atom stereocenters. The number of hydrogen-bond donors (Lipinski definition) is 2. The molecule has 0 saturated heterocycles. The lowest BCUT2D eigenvalue weighted by Gasteiger charge is -2.05. The van der Waals surface area contributed by atoms with Crippen LogP contribution in [-0.2, 0) is 17.1 Å². The molecule has 1 rings (SSSR count). The van der Waals surface area contributed by atoms with E-state index in [-0.39, 0.29) is 0 Å². The summed E-state index contributed by atoms with van der Waals surface area (Å²) in [6.07, 6.45) is 1.50. The van der Waals surface area contributed by atoms with Gasteiger partial charge in [0, 0.05) is 12.3 Å². The predicted molar refractivity (Wildman–Crippen MR) is 57.5 cm³/mol. The number of thioether (sulfide) groups is 1. The van der Waals surface area contributed by atoms with Crippen LogP contribution in [0.1, 0.15) is 12.7 Å². The summed E-state index contributed by atoms with van der Waals surface area (Å²) in [7, 11) is 0.